The minimum atomic E-state index is -4.44. The SMILES string of the molecule is COc1ccc2[c]cc(-c3csc(C(F)(F)F)n3)nc2c1C. The zero-order chi connectivity index (χ0) is 15.9. The molecule has 0 spiro atoms. The van der Waals surface area contributed by atoms with Gasteiger partial charge in [0.15, 0.2) is 5.01 Å². The van der Waals surface area contributed by atoms with Crippen LogP contribution in [-0.4, -0.2) is 17.1 Å². The molecule has 3 aromatic rings. The van der Waals surface area contributed by atoms with E-state index in [1.807, 2.05) is 6.92 Å². The predicted molar refractivity (Wildman–Crippen MR) is 78.0 cm³/mol. The average molecular weight is 323 g/mol. The minimum absolute atomic E-state index is 0.192. The summed E-state index contributed by atoms with van der Waals surface area (Å²) in [6, 6.07) is 8.18. The summed E-state index contributed by atoms with van der Waals surface area (Å²) in [6.07, 6.45) is -4.44. The summed E-state index contributed by atoms with van der Waals surface area (Å²) in [5.41, 5.74) is 2.00. The number of fused-ring (bicyclic) bond motifs is 1. The van der Waals surface area contributed by atoms with Crippen molar-refractivity contribution in [2.24, 2.45) is 0 Å². The number of pyridine rings is 1. The summed E-state index contributed by atoms with van der Waals surface area (Å²) in [5.74, 6) is 0.666. The molecule has 3 nitrogen and oxygen atoms in total. The van der Waals surface area contributed by atoms with Gasteiger partial charge < -0.3 is 4.74 Å². The molecule has 0 aliphatic rings. The highest BCUT2D eigenvalue weighted by Gasteiger charge is 2.34. The molecule has 0 saturated heterocycles. The summed E-state index contributed by atoms with van der Waals surface area (Å²) in [7, 11) is 1.55. The topological polar surface area (TPSA) is 35.0 Å². The first kappa shape index (κ1) is 14.8. The van der Waals surface area contributed by atoms with E-state index in [1.54, 1.807) is 25.3 Å². The summed E-state index contributed by atoms with van der Waals surface area (Å²) < 4.78 is 43.1. The van der Waals surface area contributed by atoms with Crippen LogP contribution >= 0.6 is 11.3 Å². The van der Waals surface area contributed by atoms with Crippen LogP contribution in [0, 0.1) is 13.0 Å². The number of ether oxygens (including phenoxy) is 1. The first-order valence-corrected chi connectivity index (χ1v) is 7.17. The molecular formula is C15H10F3N2OS. The van der Waals surface area contributed by atoms with Gasteiger partial charge in [0, 0.05) is 16.3 Å². The molecule has 22 heavy (non-hydrogen) atoms. The molecule has 2 aromatic heterocycles. The van der Waals surface area contributed by atoms with Gasteiger partial charge in [0.05, 0.1) is 18.3 Å². The van der Waals surface area contributed by atoms with Gasteiger partial charge >= 0.3 is 6.18 Å². The number of hydrogen-bond acceptors (Lipinski definition) is 4. The Morgan fingerprint density at radius 1 is 1.18 bits per heavy atom. The zero-order valence-corrected chi connectivity index (χ0v) is 12.5. The van der Waals surface area contributed by atoms with Crippen LogP contribution in [0.4, 0.5) is 13.2 Å². The normalized spacial score (nSPS) is 11.9. The number of nitrogens with zero attached hydrogens (tertiary/aromatic N) is 2. The minimum Gasteiger partial charge on any atom is -0.496 e. The van der Waals surface area contributed by atoms with Crippen molar-refractivity contribution in [3.05, 3.63) is 40.2 Å². The molecule has 1 aromatic carbocycles. The Kier molecular flexibility index (Phi) is 3.52. The Morgan fingerprint density at radius 3 is 2.59 bits per heavy atom. The third kappa shape index (κ3) is 2.52. The van der Waals surface area contributed by atoms with Gasteiger partial charge in [0.2, 0.25) is 0 Å². The Bertz CT molecular complexity index is 842. The molecule has 0 saturated carbocycles. The van der Waals surface area contributed by atoms with Gasteiger partial charge in [0.25, 0.3) is 0 Å². The number of hydrogen-bond donors (Lipinski definition) is 0. The molecule has 7 heteroatoms. The quantitative estimate of drug-likeness (QED) is 0.697. The molecule has 2 heterocycles. The van der Waals surface area contributed by atoms with Gasteiger partial charge in [0.1, 0.15) is 11.4 Å². The van der Waals surface area contributed by atoms with Crippen LogP contribution in [-0.2, 0) is 6.18 Å². The van der Waals surface area contributed by atoms with E-state index in [9.17, 15) is 13.2 Å². The van der Waals surface area contributed by atoms with E-state index in [0.29, 0.717) is 28.3 Å². The van der Waals surface area contributed by atoms with Gasteiger partial charge in [-0.25, -0.2) is 9.97 Å². The maximum absolute atomic E-state index is 12.6. The van der Waals surface area contributed by atoms with Crippen molar-refractivity contribution in [1.29, 1.82) is 0 Å². The lowest BCUT2D eigenvalue weighted by Gasteiger charge is -2.08. The Labute approximate surface area is 128 Å². The predicted octanol–water partition coefficient (Wildman–Crippen LogP) is 4.49. The Hall–Kier alpha value is -2.15. The molecule has 113 valence electrons. The van der Waals surface area contributed by atoms with Crippen LogP contribution < -0.4 is 4.74 Å². The van der Waals surface area contributed by atoms with E-state index >= 15 is 0 Å². The lowest BCUT2D eigenvalue weighted by Crippen LogP contribution is -2.03. The van der Waals surface area contributed by atoms with Gasteiger partial charge in [-0.3, -0.25) is 0 Å². The number of alkyl halides is 3. The first-order valence-electron chi connectivity index (χ1n) is 6.29. The number of methoxy groups -OCH3 is 1. The van der Waals surface area contributed by atoms with Crippen LogP contribution in [0.25, 0.3) is 22.3 Å². The number of rotatable bonds is 2. The van der Waals surface area contributed by atoms with E-state index in [-0.39, 0.29) is 5.69 Å². The molecule has 0 N–H and O–H groups in total. The largest absolute Gasteiger partial charge is 0.496 e. The Morgan fingerprint density at radius 2 is 1.95 bits per heavy atom. The maximum atomic E-state index is 12.6. The smallest absolute Gasteiger partial charge is 0.443 e. The third-order valence-corrected chi connectivity index (χ3v) is 4.09. The van der Waals surface area contributed by atoms with Gasteiger partial charge in [-0.05, 0) is 31.2 Å². The van der Waals surface area contributed by atoms with Crippen molar-refractivity contribution in [3.8, 4) is 17.1 Å². The lowest BCUT2D eigenvalue weighted by atomic mass is 10.1. The van der Waals surface area contributed by atoms with E-state index in [4.69, 9.17) is 4.74 Å². The second-order valence-corrected chi connectivity index (χ2v) is 5.47. The molecule has 3 rings (SSSR count). The monoisotopic (exact) mass is 323 g/mol. The van der Waals surface area contributed by atoms with Crippen LogP contribution in [0.1, 0.15) is 10.6 Å². The first-order chi connectivity index (χ1) is 10.4. The van der Waals surface area contributed by atoms with Crippen molar-refractivity contribution in [2.75, 3.05) is 7.11 Å². The highest BCUT2D eigenvalue weighted by Crippen LogP contribution is 2.34. The maximum Gasteiger partial charge on any atom is 0.443 e. The number of thiazole rings is 1. The fourth-order valence-corrected chi connectivity index (χ4v) is 2.80. The fourth-order valence-electron chi connectivity index (χ4n) is 2.11. The number of halogens is 3. The van der Waals surface area contributed by atoms with Crippen LogP contribution in [0.2, 0.25) is 0 Å². The van der Waals surface area contributed by atoms with Crippen LogP contribution in [0.3, 0.4) is 0 Å². The molecule has 0 bridgehead atoms. The summed E-state index contributed by atoms with van der Waals surface area (Å²) >= 11 is 0.554. The number of aryl methyl sites for hydroxylation is 1. The van der Waals surface area contributed by atoms with Crippen LogP contribution in [0.15, 0.2) is 23.6 Å². The van der Waals surface area contributed by atoms with Crippen molar-refractivity contribution < 1.29 is 17.9 Å². The van der Waals surface area contributed by atoms with Crippen LogP contribution in [0.5, 0.6) is 5.75 Å². The molecule has 0 unspecified atom stereocenters. The summed E-state index contributed by atoms with van der Waals surface area (Å²) in [5, 5.41) is 1.24. The summed E-state index contributed by atoms with van der Waals surface area (Å²) in [6.45, 7) is 1.84. The standard InChI is InChI=1S/C15H10F3N2OS/c1-8-12(21-2)6-4-9-3-5-10(19-13(8)9)11-7-22-14(20-11)15(16,17)18/h4-7H,1-2H3. The molecular weight excluding hydrogens is 313 g/mol. The van der Waals surface area contributed by atoms with Gasteiger partial charge in [-0.2, -0.15) is 13.2 Å². The second-order valence-electron chi connectivity index (χ2n) is 4.61. The molecule has 0 fully saturated rings. The average Bonchev–Trinajstić information content (AvgIpc) is 2.97. The molecule has 0 atom stereocenters. The van der Waals surface area contributed by atoms with Crippen molar-refractivity contribution in [1.82, 2.24) is 9.97 Å². The molecule has 0 aliphatic carbocycles. The van der Waals surface area contributed by atoms with Crippen molar-refractivity contribution >= 4 is 22.2 Å². The van der Waals surface area contributed by atoms with E-state index < -0.39 is 11.2 Å². The Balaban J connectivity index is 2.12. The molecule has 0 amide bonds. The van der Waals surface area contributed by atoms with Crippen molar-refractivity contribution in [2.45, 2.75) is 13.1 Å². The zero-order valence-electron chi connectivity index (χ0n) is 11.7. The molecule has 1 radical (unpaired) electrons. The van der Waals surface area contributed by atoms with E-state index in [1.165, 1.54) is 5.38 Å². The van der Waals surface area contributed by atoms with E-state index in [0.717, 1.165) is 10.9 Å². The molecule has 0 aliphatic heterocycles. The van der Waals surface area contributed by atoms with Crippen molar-refractivity contribution in [3.63, 3.8) is 0 Å². The van der Waals surface area contributed by atoms with E-state index in [2.05, 4.69) is 16.0 Å². The fraction of sp³-hybridized carbons (Fsp3) is 0.200. The highest BCUT2D eigenvalue weighted by atomic mass is 32.1. The third-order valence-electron chi connectivity index (χ3n) is 3.21. The second kappa shape index (κ2) is 5.24. The number of benzene rings is 1. The van der Waals surface area contributed by atoms with Gasteiger partial charge in [-0.1, -0.05) is 0 Å². The van der Waals surface area contributed by atoms with Gasteiger partial charge in [-0.15, -0.1) is 11.3 Å². The summed E-state index contributed by atoms with van der Waals surface area (Å²) in [4.78, 5) is 8.03. The lowest BCUT2D eigenvalue weighted by molar-refractivity contribution is -0.137. The number of aromatic nitrogens is 2. The highest BCUT2D eigenvalue weighted by molar-refractivity contribution is 7.10.